The van der Waals surface area contributed by atoms with Gasteiger partial charge in [0.05, 0.1) is 6.61 Å². The number of phosphoric ester groups is 1. The van der Waals surface area contributed by atoms with Gasteiger partial charge < -0.3 is 39.9 Å². The quantitative estimate of drug-likeness (QED) is 0.0145. The van der Waals surface area contributed by atoms with Gasteiger partial charge in [-0.1, -0.05) is 225 Å². The van der Waals surface area contributed by atoms with E-state index in [9.17, 15) is 44.6 Å². The third-order valence-electron chi connectivity index (χ3n) is 13.1. The molecule has 0 heterocycles. The molecule has 1 aliphatic rings. The minimum atomic E-state index is -5.12. The van der Waals surface area contributed by atoms with Crippen molar-refractivity contribution < 1.29 is 63.1 Å². The van der Waals surface area contributed by atoms with Gasteiger partial charge >= 0.3 is 19.8 Å². The van der Waals surface area contributed by atoms with Crippen molar-refractivity contribution in [3.05, 3.63) is 12.2 Å². The molecule has 0 aromatic rings. The highest BCUT2D eigenvalue weighted by atomic mass is 31.2. The Kier molecular flexibility index (Phi) is 41.2. The summed E-state index contributed by atoms with van der Waals surface area (Å²) >= 11 is 0. The van der Waals surface area contributed by atoms with E-state index in [4.69, 9.17) is 18.5 Å². The predicted octanol–water partition coefficient (Wildman–Crippen LogP) is 12.2. The van der Waals surface area contributed by atoms with Crippen molar-refractivity contribution in [2.24, 2.45) is 0 Å². The standard InChI is InChI=1S/C53H101O13P/c1-3-5-7-9-11-13-15-17-19-20-21-22-23-24-25-26-28-30-32-34-36-38-40-42-47(55)65-45(44-64-67(61,62)66-53-51(59)49(57)48(56)50(58)52(53)60)43-63-46(54)41-39-37-35-33-31-29-27-18-16-14-12-10-8-6-4-2/h34,36,45,48-53,56-60H,3-33,35,37-44H2,1-2H3,(H,61,62)/b36-34+/t45-,48?,49-,50?,51?,52?,53?/m1/s1. The number of aliphatic hydroxyl groups excluding tert-OH is 5. The van der Waals surface area contributed by atoms with Crippen molar-refractivity contribution in [3.63, 3.8) is 0 Å². The number of rotatable bonds is 47. The van der Waals surface area contributed by atoms with Crippen LogP contribution in [0.4, 0.5) is 0 Å². The largest absolute Gasteiger partial charge is 0.472 e. The van der Waals surface area contributed by atoms with Crippen LogP contribution in [0.1, 0.15) is 258 Å². The molecule has 13 nitrogen and oxygen atoms in total. The topological polar surface area (TPSA) is 210 Å². The lowest BCUT2D eigenvalue weighted by Crippen LogP contribution is -2.64. The summed E-state index contributed by atoms with van der Waals surface area (Å²) in [7, 11) is -5.12. The molecule has 14 heteroatoms. The Hall–Kier alpha value is -1.41. The number of esters is 2. The molecule has 1 saturated carbocycles. The fourth-order valence-corrected chi connectivity index (χ4v) is 9.68. The van der Waals surface area contributed by atoms with Crippen molar-refractivity contribution in [1.29, 1.82) is 0 Å². The first-order chi connectivity index (χ1) is 32.4. The Morgan fingerprint density at radius 2 is 0.776 bits per heavy atom. The minimum Gasteiger partial charge on any atom is -0.462 e. The number of hydrogen-bond donors (Lipinski definition) is 6. The van der Waals surface area contributed by atoms with Crippen LogP contribution in [0.5, 0.6) is 0 Å². The highest BCUT2D eigenvalue weighted by Crippen LogP contribution is 2.47. The van der Waals surface area contributed by atoms with Crippen LogP contribution in [-0.4, -0.2) is 98.3 Å². The van der Waals surface area contributed by atoms with Gasteiger partial charge in [-0.25, -0.2) is 4.57 Å². The summed E-state index contributed by atoms with van der Waals surface area (Å²) in [5.41, 5.74) is 0. The molecule has 0 bridgehead atoms. The van der Waals surface area contributed by atoms with E-state index in [2.05, 4.69) is 26.0 Å². The molecule has 0 aliphatic heterocycles. The number of phosphoric acid groups is 1. The molecular formula is C53H101O13P. The van der Waals surface area contributed by atoms with Crippen LogP contribution in [0.25, 0.3) is 0 Å². The number of aliphatic hydroxyl groups is 5. The lowest BCUT2D eigenvalue weighted by molar-refractivity contribution is -0.220. The summed E-state index contributed by atoms with van der Waals surface area (Å²) in [5, 5.41) is 50.3. The SMILES string of the molecule is CCCCCCCCCCCCCCCCCCCC/C=C/CCCC(=O)O[C@H](COC(=O)CCCCCCCCCCCCCCCCC)COP(=O)(O)OC1C(O)C(O)C(O)[C@@H](O)C1O. The van der Waals surface area contributed by atoms with E-state index >= 15 is 0 Å². The molecule has 0 saturated heterocycles. The second-order valence-corrected chi connectivity index (χ2v) is 20.9. The highest BCUT2D eigenvalue weighted by Gasteiger charge is 2.51. The Balaban J connectivity index is 2.35. The van der Waals surface area contributed by atoms with Crippen LogP contribution in [0, 0.1) is 0 Å². The van der Waals surface area contributed by atoms with Gasteiger partial charge in [0.1, 0.15) is 43.2 Å². The Morgan fingerprint density at radius 1 is 0.448 bits per heavy atom. The zero-order valence-corrected chi connectivity index (χ0v) is 43.4. The van der Waals surface area contributed by atoms with Crippen molar-refractivity contribution in [2.45, 2.75) is 301 Å². The molecular weight excluding hydrogens is 876 g/mol. The van der Waals surface area contributed by atoms with Gasteiger partial charge in [-0.15, -0.1) is 0 Å². The van der Waals surface area contributed by atoms with Gasteiger partial charge in [-0.2, -0.15) is 0 Å². The van der Waals surface area contributed by atoms with Gasteiger partial charge in [-0.3, -0.25) is 18.6 Å². The van der Waals surface area contributed by atoms with Crippen molar-refractivity contribution in [1.82, 2.24) is 0 Å². The number of carbonyl (C=O) groups is 2. The zero-order valence-electron chi connectivity index (χ0n) is 42.5. The molecule has 1 aliphatic carbocycles. The molecule has 0 radical (unpaired) electrons. The normalized spacial score (nSPS) is 21.1. The van der Waals surface area contributed by atoms with E-state index < -0.39 is 75.7 Å². The van der Waals surface area contributed by atoms with Crippen molar-refractivity contribution >= 4 is 19.8 Å². The summed E-state index contributed by atoms with van der Waals surface area (Å²) in [6, 6.07) is 0. The molecule has 1 fully saturated rings. The third-order valence-corrected chi connectivity index (χ3v) is 14.1. The average Bonchev–Trinajstić information content (AvgIpc) is 3.31. The molecule has 396 valence electrons. The molecule has 1 rings (SSSR count). The highest BCUT2D eigenvalue weighted by molar-refractivity contribution is 7.47. The molecule has 0 amide bonds. The minimum absolute atomic E-state index is 0.0545. The smallest absolute Gasteiger partial charge is 0.462 e. The first kappa shape index (κ1) is 63.6. The van der Waals surface area contributed by atoms with Gasteiger partial charge in [0.25, 0.3) is 0 Å². The second-order valence-electron chi connectivity index (χ2n) is 19.4. The second kappa shape index (κ2) is 43.4. The molecule has 67 heavy (non-hydrogen) atoms. The number of hydrogen-bond acceptors (Lipinski definition) is 12. The lowest BCUT2D eigenvalue weighted by Gasteiger charge is -2.41. The summed E-state index contributed by atoms with van der Waals surface area (Å²) < 4.78 is 33.6. The van der Waals surface area contributed by atoms with Crippen LogP contribution in [0.15, 0.2) is 12.2 Å². The Labute approximate surface area is 407 Å². The molecule has 0 aromatic carbocycles. The lowest BCUT2D eigenvalue weighted by atomic mass is 9.85. The first-order valence-electron chi connectivity index (χ1n) is 27.5. The van der Waals surface area contributed by atoms with E-state index in [1.54, 1.807) is 0 Å². The maximum atomic E-state index is 12.9. The predicted molar refractivity (Wildman–Crippen MR) is 267 cm³/mol. The zero-order chi connectivity index (χ0) is 49.2. The first-order valence-corrected chi connectivity index (χ1v) is 29.0. The van der Waals surface area contributed by atoms with Gasteiger partial charge in [-0.05, 0) is 32.1 Å². The van der Waals surface area contributed by atoms with E-state index in [-0.39, 0.29) is 12.8 Å². The van der Waals surface area contributed by atoms with E-state index in [1.807, 2.05) is 0 Å². The van der Waals surface area contributed by atoms with E-state index in [0.29, 0.717) is 19.3 Å². The number of unbranched alkanes of at least 4 members (excludes halogenated alkanes) is 33. The number of allylic oxidation sites excluding steroid dienone is 2. The van der Waals surface area contributed by atoms with Crippen LogP contribution >= 0.6 is 7.82 Å². The molecule has 8 atom stereocenters. The van der Waals surface area contributed by atoms with Gasteiger partial charge in [0.15, 0.2) is 6.10 Å². The van der Waals surface area contributed by atoms with Crippen LogP contribution in [0.3, 0.4) is 0 Å². The van der Waals surface area contributed by atoms with Gasteiger partial charge in [0, 0.05) is 12.8 Å². The number of ether oxygens (including phenoxy) is 2. The van der Waals surface area contributed by atoms with Crippen LogP contribution in [-0.2, 0) is 32.7 Å². The molecule has 6 N–H and O–H groups in total. The molecule has 0 spiro atoms. The Morgan fingerprint density at radius 3 is 1.18 bits per heavy atom. The van der Waals surface area contributed by atoms with Crippen molar-refractivity contribution in [2.75, 3.05) is 13.2 Å². The fourth-order valence-electron chi connectivity index (χ4n) is 8.71. The van der Waals surface area contributed by atoms with Gasteiger partial charge in [0.2, 0.25) is 0 Å². The summed E-state index contributed by atoms with van der Waals surface area (Å²) in [4.78, 5) is 35.8. The number of carbonyl (C=O) groups excluding carboxylic acids is 2. The fraction of sp³-hybridized carbons (Fsp3) is 0.925. The van der Waals surface area contributed by atoms with E-state index in [0.717, 1.165) is 32.1 Å². The van der Waals surface area contributed by atoms with Crippen molar-refractivity contribution in [3.8, 4) is 0 Å². The maximum Gasteiger partial charge on any atom is 0.472 e. The van der Waals surface area contributed by atoms with Crippen LogP contribution in [0.2, 0.25) is 0 Å². The summed E-state index contributed by atoms with van der Waals surface area (Å²) in [6.45, 7) is 3.33. The summed E-state index contributed by atoms with van der Waals surface area (Å²) in [6.07, 6.45) is 35.6. The monoisotopic (exact) mass is 977 g/mol. The Bertz CT molecular complexity index is 1220. The van der Waals surface area contributed by atoms with Crippen LogP contribution < -0.4 is 0 Å². The molecule has 6 unspecified atom stereocenters. The summed E-state index contributed by atoms with van der Waals surface area (Å²) in [5.74, 6) is -1.12. The maximum absolute atomic E-state index is 12.9. The average molecular weight is 977 g/mol. The third kappa shape index (κ3) is 35.4. The molecule has 0 aromatic heterocycles. The van der Waals surface area contributed by atoms with E-state index in [1.165, 1.54) is 180 Å².